The summed E-state index contributed by atoms with van der Waals surface area (Å²) in [5.74, 6) is 0. The van der Waals surface area contributed by atoms with E-state index in [1.165, 1.54) is 87.5 Å². The fourth-order valence-corrected chi connectivity index (χ4v) is 10.4. The van der Waals surface area contributed by atoms with Crippen LogP contribution in [0.2, 0.25) is 0 Å². The van der Waals surface area contributed by atoms with Gasteiger partial charge in [0.2, 0.25) is 0 Å². The molecule has 4 heterocycles. The standard InChI is InChI=1S/C50H42BN3S/c1-49(2,3)31-20-25-39-36(28-31)35-23-27-43-47-48(35)54(39)40-26-21-32(50(4,5)6)29-38(40)51(47)37-24-22-34-30-44(37)53(43)42-17-11-13-19-46(42)55-45-18-12-10-16-41(45)52(34)33-14-8-7-9-15-33/h7-30H,1-6H3. The summed E-state index contributed by atoms with van der Waals surface area (Å²) in [6.07, 6.45) is 0. The second kappa shape index (κ2) is 11.4. The van der Waals surface area contributed by atoms with Crippen LogP contribution in [0.15, 0.2) is 155 Å². The van der Waals surface area contributed by atoms with E-state index in [0.29, 0.717) is 0 Å². The Morgan fingerprint density at radius 3 is 1.82 bits per heavy atom. The van der Waals surface area contributed by atoms with Crippen molar-refractivity contribution in [2.45, 2.75) is 62.2 Å². The fraction of sp³-hybridized carbons (Fsp3) is 0.160. The van der Waals surface area contributed by atoms with Gasteiger partial charge in [-0.1, -0.05) is 126 Å². The van der Waals surface area contributed by atoms with Crippen molar-refractivity contribution in [3.05, 3.63) is 157 Å². The van der Waals surface area contributed by atoms with E-state index < -0.39 is 0 Å². The van der Waals surface area contributed by atoms with Crippen molar-refractivity contribution >= 4 is 90.8 Å². The summed E-state index contributed by atoms with van der Waals surface area (Å²) in [7, 11) is 0. The summed E-state index contributed by atoms with van der Waals surface area (Å²) in [5.41, 5.74) is 17.9. The summed E-state index contributed by atoms with van der Waals surface area (Å²) >= 11 is 1.86. The van der Waals surface area contributed by atoms with Crippen LogP contribution >= 0.6 is 11.8 Å². The Bertz CT molecular complexity index is 2890. The summed E-state index contributed by atoms with van der Waals surface area (Å²) in [6.45, 7) is 14.0. The molecule has 0 saturated carbocycles. The van der Waals surface area contributed by atoms with Gasteiger partial charge < -0.3 is 14.4 Å². The molecule has 3 nitrogen and oxygen atoms in total. The molecular formula is C50H42BN3S. The Labute approximate surface area is 328 Å². The summed E-state index contributed by atoms with van der Waals surface area (Å²) in [5, 5.41) is 2.65. The number of anilines is 6. The molecule has 0 spiro atoms. The average Bonchev–Trinajstić information content (AvgIpc) is 3.52. The highest BCUT2D eigenvalue weighted by Gasteiger charge is 2.43. The minimum Gasteiger partial charge on any atom is -0.310 e. The number of rotatable bonds is 1. The van der Waals surface area contributed by atoms with E-state index in [9.17, 15) is 0 Å². The van der Waals surface area contributed by atoms with Crippen molar-refractivity contribution in [2.75, 3.05) is 9.80 Å². The number of hydrogen-bond donors (Lipinski definition) is 0. The van der Waals surface area contributed by atoms with Gasteiger partial charge >= 0.3 is 0 Å². The van der Waals surface area contributed by atoms with Gasteiger partial charge in [-0.3, -0.25) is 0 Å². The quantitative estimate of drug-likeness (QED) is 0.156. The second-order valence-electron chi connectivity index (χ2n) is 17.5. The van der Waals surface area contributed by atoms with Crippen molar-refractivity contribution in [3.8, 4) is 5.69 Å². The Kier molecular flexibility index (Phi) is 6.81. The molecular weight excluding hydrogens is 685 g/mol. The lowest BCUT2D eigenvalue weighted by atomic mass is 9.33. The Morgan fingerprint density at radius 2 is 1.09 bits per heavy atom. The van der Waals surface area contributed by atoms with Crippen molar-refractivity contribution in [1.29, 1.82) is 0 Å². The molecule has 8 aromatic rings. The summed E-state index contributed by atoms with van der Waals surface area (Å²) in [4.78, 5) is 7.46. The first-order valence-corrected chi connectivity index (χ1v) is 20.3. The van der Waals surface area contributed by atoms with E-state index in [2.05, 4.69) is 202 Å². The molecule has 11 rings (SSSR count). The van der Waals surface area contributed by atoms with Crippen LogP contribution in [-0.4, -0.2) is 11.3 Å². The lowest BCUT2D eigenvalue weighted by Crippen LogP contribution is -2.60. The summed E-state index contributed by atoms with van der Waals surface area (Å²) < 4.78 is 2.59. The second-order valence-corrected chi connectivity index (χ2v) is 18.5. The Hall–Kier alpha value is -5.65. The maximum absolute atomic E-state index is 2.59. The highest BCUT2D eigenvalue weighted by Crippen LogP contribution is 2.51. The first-order valence-electron chi connectivity index (χ1n) is 19.5. The van der Waals surface area contributed by atoms with Gasteiger partial charge in [-0.15, -0.1) is 0 Å². The average molecular weight is 728 g/mol. The molecule has 0 aliphatic carbocycles. The van der Waals surface area contributed by atoms with Crippen LogP contribution in [-0.2, 0) is 10.8 Å². The van der Waals surface area contributed by atoms with Crippen LogP contribution < -0.4 is 26.2 Å². The molecule has 2 bridgehead atoms. The zero-order valence-corrected chi connectivity index (χ0v) is 33.0. The molecule has 3 aliphatic heterocycles. The molecule has 0 unspecified atom stereocenters. The molecule has 5 heteroatoms. The third-order valence-corrected chi connectivity index (χ3v) is 13.2. The number of para-hydroxylation sites is 3. The van der Waals surface area contributed by atoms with Gasteiger partial charge in [-0.2, -0.15) is 0 Å². The smallest absolute Gasteiger partial charge is 0.252 e. The number of benzene rings is 7. The van der Waals surface area contributed by atoms with E-state index in [1.807, 2.05) is 11.8 Å². The van der Waals surface area contributed by atoms with Gasteiger partial charge in [0.05, 0.1) is 22.4 Å². The fourth-order valence-electron chi connectivity index (χ4n) is 9.33. The third kappa shape index (κ3) is 4.72. The topological polar surface area (TPSA) is 11.4 Å². The van der Waals surface area contributed by atoms with E-state index in [0.717, 1.165) is 11.4 Å². The van der Waals surface area contributed by atoms with Gasteiger partial charge in [0.25, 0.3) is 6.71 Å². The predicted octanol–water partition coefficient (Wildman–Crippen LogP) is 11.9. The third-order valence-electron chi connectivity index (χ3n) is 12.1. The minimum atomic E-state index is 0.00857. The Balaban J connectivity index is 1.28. The first kappa shape index (κ1) is 32.8. The molecule has 7 aromatic carbocycles. The predicted molar refractivity (Wildman–Crippen MR) is 236 cm³/mol. The number of aromatic nitrogens is 1. The van der Waals surface area contributed by atoms with Gasteiger partial charge in [-0.25, -0.2) is 0 Å². The molecule has 0 amide bonds. The van der Waals surface area contributed by atoms with Crippen LogP contribution in [0.5, 0.6) is 0 Å². The molecule has 3 aliphatic rings. The molecule has 0 fully saturated rings. The highest BCUT2D eigenvalue weighted by molar-refractivity contribution is 7.99. The van der Waals surface area contributed by atoms with Gasteiger partial charge in [-0.05, 0) is 111 Å². The van der Waals surface area contributed by atoms with Crippen LogP contribution in [0, 0.1) is 0 Å². The minimum absolute atomic E-state index is 0.00857. The maximum Gasteiger partial charge on any atom is 0.252 e. The number of hydrogen-bond acceptors (Lipinski definition) is 3. The van der Waals surface area contributed by atoms with Crippen molar-refractivity contribution < 1.29 is 0 Å². The first-order chi connectivity index (χ1) is 26.6. The molecule has 0 radical (unpaired) electrons. The van der Waals surface area contributed by atoms with Crippen molar-refractivity contribution in [1.82, 2.24) is 4.57 Å². The molecule has 0 atom stereocenters. The largest absolute Gasteiger partial charge is 0.310 e. The van der Waals surface area contributed by atoms with E-state index in [-0.39, 0.29) is 17.5 Å². The van der Waals surface area contributed by atoms with E-state index >= 15 is 0 Å². The van der Waals surface area contributed by atoms with Crippen molar-refractivity contribution in [3.63, 3.8) is 0 Å². The highest BCUT2D eigenvalue weighted by atomic mass is 32.2. The van der Waals surface area contributed by atoms with Gasteiger partial charge in [0.15, 0.2) is 0 Å². The van der Waals surface area contributed by atoms with Crippen molar-refractivity contribution in [2.24, 2.45) is 0 Å². The zero-order chi connectivity index (χ0) is 37.4. The van der Waals surface area contributed by atoms with Gasteiger partial charge in [0.1, 0.15) is 0 Å². The maximum atomic E-state index is 2.59. The van der Waals surface area contributed by atoms with E-state index in [1.54, 1.807) is 0 Å². The molecule has 0 N–H and O–H groups in total. The lowest BCUT2D eigenvalue weighted by molar-refractivity contribution is 0.590. The summed E-state index contributed by atoms with van der Waals surface area (Å²) in [6, 6.07) is 55.2. The van der Waals surface area contributed by atoms with E-state index in [4.69, 9.17) is 0 Å². The molecule has 0 saturated heterocycles. The van der Waals surface area contributed by atoms with Crippen LogP contribution in [0.1, 0.15) is 52.7 Å². The Morgan fingerprint density at radius 1 is 0.455 bits per heavy atom. The molecule has 55 heavy (non-hydrogen) atoms. The normalized spacial score (nSPS) is 14.2. The lowest BCUT2D eigenvalue weighted by Gasteiger charge is -2.42. The monoisotopic (exact) mass is 727 g/mol. The zero-order valence-electron chi connectivity index (χ0n) is 32.2. The molecule has 1 aromatic heterocycles. The number of nitrogens with zero attached hydrogens (tertiary/aromatic N) is 3. The van der Waals surface area contributed by atoms with Crippen LogP contribution in [0.4, 0.5) is 34.1 Å². The number of fused-ring (bicyclic) bond motifs is 12. The van der Waals surface area contributed by atoms with Gasteiger partial charge in [0, 0.05) is 49.0 Å². The molecule has 266 valence electrons. The van der Waals surface area contributed by atoms with Crippen LogP contribution in [0.25, 0.3) is 27.5 Å². The van der Waals surface area contributed by atoms with Crippen LogP contribution in [0.3, 0.4) is 0 Å². The SMILES string of the molecule is CC(C)(C)c1ccc2c(c1)B1c3ccc4cc3N(c3ccccc3Sc3ccccc3N4c3ccccc3)c3ccc4c5cc(C(C)(C)C)ccc5n-2c4c31.